The molecule has 0 saturated heterocycles. The predicted octanol–water partition coefficient (Wildman–Crippen LogP) is 4.19. The molecule has 1 amide bonds. The van der Waals surface area contributed by atoms with Gasteiger partial charge in [-0.2, -0.15) is 0 Å². The van der Waals surface area contributed by atoms with Crippen molar-refractivity contribution >= 4 is 38.7 Å². The molecule has 5 nitrogen and oxygen atoms in total. The first kappa shape index (κ1) is 17.6. The van der Waals surface area contributed by atoms with Crippen LogP contribution in [0.5, 0.6) is 0 Å². The molecule has 0 spiro atoms. The van der Waals surface area contributed by atoms with Gasteiger partial charge in [-0.25, -0.2) is 4.98 Å². The number of nitrogens with one attached hydrogen (secondary N) is 1. The lowest BCUT2D eigenvalue weighted by atomic mass is 10.1. The molecule has 2 aromatic heterocycles. The van der Waals surface area contributed by atoms with E-state index in [1.54, 1.807) is 29.7 Å². The number of aromatic nitrogens is 2. The molecule has 0 aliphatic rings. The van der Waals surface area contributed by atoms with E-state index in [2.05, 4.69) is 10.3 Å². The number of amides is 1. The summed E-state index contributed by atoms with van der Waals surface area (Å²) in [5.41, 5.74) is 4.06. The fraction of sp³-hybridized carbons (Fsp3) is 0.100. The maximum Gasteiger partial charge on any atom is 0.255 e. The molecule has 1 atom stereocenters. The van der Waals surface area contributed by atoms with Crippen molar-refractivity contribution in [1.29, 1.82) is 0 Å². The molecule has 1 N–H and O–H groups in total. The van der Waals surface area contributed by atoms with Crippen molar-refractivity contribution in [1.82, 2.24) is 9.38 Å². The van der Waals surface area contributed by atoms with Crippen LogP contribution in [0.1, 0.15) is 15.9 Å². The summed E-state index contributed by atoms with van der Waals surface area (Å²) in [4.78, 5) is 18.0. The zero-order valence-electron chi connectivity index (χ0n) is 14.6. The van der Waals surface area contributed by atoms with E-state index in [4.69, 9.17) is 0 Å². The van der Waals surface area contributed by atoms with Crippen molar-refractivity contribution in [2.75, 3.05) is 11.6 Å². The Balaban J connectivity index is 1.48. The average Bonchev–Trinajstić information content (AvgIpc) is 3.24. The summed E-state index contributed by atoms with van der Waals surface area (Å²) >= 11 is 1.59. The van der Waals surface area contributed by atoms with E-state index < -0.39 is 10.8 Å². The fourth-order valence-electron chi connectivity index (χ4n) is 2.83. The van der Waals surface area contributed by atoms with Gasteiger partial charge in [-0.15, -0.1) is 11.3 Å². The van der Waals surface area contributed by atoms with Crippen LogP contribution in [-0.2, 0) is 16.6 Å². The van der Waals surface area contributed by atoms with Gasteiger partial charge in [0.15, 0.2) is 4.96 Å². The number of carbonyl (C=O) groups is 1. The number of fused-ring (bicyclic) bond motifs is 1. The summed E-state index contributed by atoms with van der Waals surface area (Å²) in [5.74, 6) is 0.256. The third-order valence-corrected chi connectivity index (χ3v) is 5.60. The molecule has 0 fully saturated rings. The second-order valence-electron chi connectivity index (χ2n) is 6.17. The Labute approximate surface area is 163 Å². The third kappa shape index (κ3) is 3.99. The number of thiazole rings is 1. The van der Waals surface area contributed by atoms with Crippen molar-refractivity contribution in [3.05, 3.63) is 77.4 Å². The topological polar surface area (TPSA) is 63.5 Å². The standard InChI is InChI=1S/C20H17N3O2S2/c1-27(25)13-14-3-2-4-16(11-14)19(24)21-17-7-5-15(6-8-17)18-12-23-9-10-26-20(23)22-18/h2-12H,13H2,1H3,(H,21,24). The predicted molar refractivity (Wildman–Crippen MR) is 111 cm³/mol. The second-order valence-corrected chi connectivity index (χ2v) is 8.48. The first-order chi connectivity index (χ1) is 13.1. The Bertz CT molecular complexity index is 1100. The van der Waals surface area contributed by atoms with Crippen LogP contribution in [-0.4, -0.2) is 25.8 Å². The van der Waals surface area contributed by atoms with Crippen LogP contribution in [0.15, 0.2) is 66.3 Å². The molecule has 0 radical (unpaired) electrons. The van der Waals surface area contributed by atoms with Crippen molar-refractivity contribution in [3.8, 4) is 11.3 Å². The molecule has 136 valence electrons. The number of anilines is 1. The van der Waals surface area contributed by atoms with Crippen molar-refractivity contribution in [2.24, 2.45) is 0 Å². The first-order valence-corrected chi connectivity index (χ1v) is 10.9. The van der Waals surface area contributed by atoms with E-state index in [9.17, 15) is 9.00 Å². The van der Waals surface area contributed by atoms with Gasteiger partial charge in [0.1, 0.15) is 0 Å². The number of benzene rings is 2. The number of hydrogen-bond donors (Lipinski definition) is 1. The molecule has 4 aromatic rings. The summed E-state index contributed by atoms with van der Waals surface area (Å²) in [7, 11) is -0.939. The minimum atomic E-state index is -0.939. The van der Waals surface area contributed by atoms with Crippen LogP contribution in [0.4, 0.5) is 5.69 Å². The molecule has 0 aliphatic heterocycles. The number of hydrogen-bond acceptors (Lipinski definition) is 4. The van der Waals surface area contributed by atoms with Gasteiger partial charge in [0.25, 0.3) is 5.91 Å². The van der Waals surface area contributed by atoms with E-state index >= 15 is 0 Å². The Morgan fingerprint density at radius 2 is 2.04 bits per heavy atom. The van der Waals surface area contributed by atoms with E-state index in [-0.39, 0.29) is 5.91 Å². The minimum Gasteiger partial charge on any atom is -0.322 e. The number of imidazole rings is 1. The normalized spacial score (nSPS) is 12.2. The van der Waals surface area contributed by atoms with E-state index in [1.165, 1.54) is 0 Å². The number of nitrogens with zero attached hydrogens (tertiary/aromatic N) is 2. The van der Waals surface area contributed by atoms with Crippen LogP contribution < -0.4 is 5.32 Å². The van der Waals surface area contributed by atoms with E-state index in [0.717, 1.165) is 21.8 Å². The lowest BCUT2D eigenvalue weighted by Crippen LogP contribution is -2.12. The molecule has 4 rings (SSSR count). The van der Waals surface area contributed by atoms with E-state index in [1.807, 2.05) is 58.6 Å². The summed E-state index contributed by atoms with van der Waals surface area (Å²) in [6.45, 7) is 0. The highest BCUT2D eigenvalue weighted by atomic mass is 32.2. The molecular weight excluding hydrogens is 378 g/mol. The molecule has 2 aromatic carbocycles. The van der Waals surface area contributed by atoms with Crippen LogP contribution in [0.2, 0.25) is 0 Å². The zero-order valence-corrected chi connectivity index (χ0v) is 16.2. The molecule has 0 aliphatic carbocycles. The Morgan fingerprint density at radius 1 is 1.22 bits per heavy atom. The lowest BCUT2D eigenvalue weighted by Gasteiger charge is -2.07. The molecule has 27 heavy (non-hydrogen) atoms. The fourth-order valence-corrected chi connectivity index (χ4v) is 4.18. The quantitative estimate of drug-likeness (QED) is 0.551. The van der Waals surface area contributed by atoms with Crippen LogP contribution in [0.3, 0.4) is 0 Å². The van der Waals surface area contributed by atoms with Crippen LogP contribution >= 0.6 is 11.3 Å². The van der Waals surface area contributed by atoms with Gasteiger partial charge in [-0.3, -0.25) is 13.4 Å². The highest BCUT2D eigenvalue weighted by Crippen LogP contribution is 2.23. The molecule has 0 bridgehead atoms. The maximum absolute atomic E-state index is 12.5. The van der Waals surface area contributed by atoms with Gasteiger partial charge in [0.05, 0.1) is 5.69 Å². The van der Waals surface area contributed by atoms with Gasteiger partial charge in [0, 0.05) is 57.4 Å². The molecule has 2 heterocycles. The number of rotatable bonds is 5. The molecule has 7 heteroatoms. The van der Waals surface area contributed by atoms with Crippen LogP contribution in [0.25, 0.3) is 16.2 Å². The molecular formula is C20H17N3O2S2. The summed E-state index contributed by atoms with van der Waals surface area (Å²) < 4.78 is 13.4. The number of carbonyl (C=O) groups excluding carboxylic acids is 1. The van der Waals surface area contributed by atoms with Gasteiger partial charge >= 0.3 is 0 Å². The average molecular weight is 396 g/mol. The lowest BCUT2D eigenvalue weighted by molar-refractivity contribution is 0.102. The van der Waals surface area contributed by atoms with Gasteiger partial charge in [-0.1, -0.05) is 24.3 Å². The Morgan fingerprint density at radius 3 is 2.78 bits per heavy atom. The molecule has 0 saturated carbocycles. The smallest absolute Gasteiger partial charge is 0.255 e. The summed E-state index contributed by atoms with van der Waals surface area (Å²) in [5, 5.41) is 4.90. The Hall–Kier alpha value is -2.77. The largest absolute Gasteiger partial charge is 0.322 e. The first-order valence-electron chi connectivity index (χ1n) is 8.31. The monoisotopic (exact) mass is 395 g/mol. The van der Waals surface area contributed by atoms with Gasteiger partial charge < -0.3 is 5.32 Å². The highest BCUT2D eigenvalue weighted by Gasteiger charge is 2.09. The minimum absolute atomic E-state index is 0.186. The molecule has 1 unspecified atom stereocenters. The Kier molecular flexibility index (Phi) is 4.87. The van der Waals surface area contributed by atoms with E-state index in [0.29, 0.717) is 17.0 Å². The van der Waals surface area contributed by atoms with Crippen molar-refractivity contribution in [3.63, 3.8) is 0 Å². The second kappa shape index (κ2) is 7.46. The maximum atomic E-state index is 12.5. The van der Waals surface area contributed by atoms with Gasteiger partial charge in [0.2, 0.25) is 0 Å². The zero-order chi connectivity index (χ0) is 18.8. The van der Waals surface area contributed by atoms with Gasteiger partial charge in [-0.05, 0) is 29.8 Å². The summed E-state index contributed by atoms with van der Waals surface area (Å²) in [6.07, 6.45) is 5.62. The highest BCUT2D eigenvalue weighted by molar-refractivity contribution is 7.83. The van der Waals surface area contributed by atoms with Crippen molar-refractivity contribution in [2.45, 2.75) is 5.75 Å². The third-order valence-electron chi connectivity index (χ3n) is 4.09. The summed E-state index contributed by atoms with van der Waals surface area (Å²) in [6, 6.07) is 14.8. The van der Waals surface area contributed by atoms with Crippen molar-refractivity contribution < 1.29 is 9.00 Å². The SMILES string of the molecule is CS(=O)Cc1cccc(C(=O)Nc2ccc(-c3cn4ccsc4n3)cc2)c1. The van der Waals surface area contributed by atoms with Crippen LogP contribution in [0, 0.1) is 0 Å².